The van der Waals surface area contributed by atoms with Crippen molar-refractivity contribution in [1.82, 2.24) is 0 Å². The second kappa shape index (κ2) is 3.69. The van der Waals surface area contributed by atoms with Crippen LogP contribution in [0, 0.1) is 0 Å². The molecular weight excluding hydrogens is 224 g/mol. The summed E-state index contributed by atoms with van der Waals surface area (Å²) in [7, 11) is -3.54. The highest BCUT2D eigenvalue weighted by molar-refractivity contribution is 8.16. The summed E-state index contributed by atoms with van der Waals surface area (Å²) in [5, 5.41) is 0. The molecule has 0 radical (unpaired) electrons. The highest BCUT2D eigenvalue weighted by Crippen LogP contribution is 2.47. The molecule has 1 atom stereocenters. The van der Waals surface area contributed by atoms with E-state index in [4.69, 9.17) is 9.11 Å². The van der Waals surface area contributed by atoms with Gasteiger partial charge >= 0.3 is 0 Å². The van der Waals surface area contributed by atoms with E-state index in [1.54, 1.807) is 0 Å². The summed E-state index contributed by atoms with van der Waals surface area (Å²) in [4.78, 5) is 0. The molecule has 0 saturated carbocycles. The molecule has 0 aliphatic carbocycles. The van der Waals surface area contributed by atoms with E-state index in [0.717, 1.165) is 6.26 Å². The lowest BCUT2D eigenvalue weighted by Crippen LogP contribution is -2.20. The monoisotopic (exact) mass is 234 g/mol. The van der Waals surface area contributed by atoms with Crippen LogP contribution in [0.3, 0.4) is 0 Å². The van der Waals surface area contributed by atoms with Crippen molar-refractivity contribution in [3.8, 4) is 0 Å². The highest BCUT2D eigenvalue weighted by Gasteiger charge is 2.34. The van der Waals surface area contributed by atoms with Gasteiger partial charge in [-0.3, -0.25) is 21.7 Å². The molecule has 1 aliphatic rings. The lowest BCUT2D eigenvalue weighted by molar-refractivity contribution is 0.146. The molecule has 0 bridgehead atoms. The van der Waals surface area contributed by atoms with E-state index in [-0.39, 0.29) is 13.2 Å². The Morgan fingerprint density at radius 3 is 2.62 bits per heavy atom. The van der Waals surface area contributed by atoms with Gasteiger partial charge < -0.3 is 0 Å². The molecule has 9 heteroatoms. The molecule has 1 rings (SSSR count). The minimum Gasteiger partial charge on any atom is -0.287 e. The topological polar surface area (TPSA) is 102 Å². The molecule has 1 fully saturated rings. The van der Waals surface area contributed by atoms with E-state index in [1.807, 2.05) is 0 Å². The smallest absolute Gasteiger partial charge is 0.264 e. The van der Waals surface area contributed by atoms with Crippen LogP contribution >= 0.6 is 11.2 Å². The fourth-order valence-electron chi connectivity index (χ4n) is 0.673. The average Bonchev–Trinajstić information content (AvgIpc) is 2.24. The van der Waals surface area contributed by atoms with Crippen molar-refractivity contribution in [2.75, 3.05) is 19.5 Å². The largest absolute Gasteiger partial charge is 0.287 e. The van der Waals surface area contributed by atoms with Crippen molar-refractivity contribution < 1.29 is 30.1 Å². The van der Waals surface area contributed by atoms with E-state index in [2.05, 4.69) is 12.5 Å². The van der Waals surface area contributed by atoms with Crippen LogP contribution < -0.4 is 0 Å². The molecular formula is C4H10O7S2. The van der Waals surface area contributed by atoms with Crippen molar-refractivity contribution in [3.63, 3.8) is 0 Å². The van der Waals surface area contributed by atoms with Gasteiger partial charge in [-0.15, -0.1) is 0 Å². The summed E-state index contributed by atoms with van der Waals surface area (Å²) in [6, 6.07) is 0. The van der Waals surface area contributed by atoms with Crippen LogP contribution in [0.25, 0.3) is 0 Å². The van der Waals surface area contributed by atoms with Gasteiger partial charge in [-0.05, 0) is 0 Å². The van der Waals surface area contributed by atoms with Crippen molar-refractivity contribution in [2.24, 2.45) is 0 Å². The lowest BCUT2D eigenvalue weighted by atomic mass is 10.4. The molecule has 0 aromatic carbocycles. The summed E-state index contributed by atoms with van der Waals surface area (Å²) in [5.74, 6) is 0. The van der Waals surface area contributed by atoms with E-state index in [1.165, 1.54) is 0 Å². The third kappa shape index (κ3) is 4.22. The minimum atomic E-state index is -3.54. The molecule has 80 valence electrons. The normalized spacial score (nSPS) is 30.2. The average molecular weight is 234 g/mol. The Balaban J connectivity index is 2.34. The van der Waals surface area contributed by atoms with E-state index in [9.17, 15) is 8.42 Å². The Morgan fingerprint density at radius 1 is 1.62 bits per heavy atom. The molecule has 7 nitrogen and oxygen atoms in total. The second-order valence-electron chi connectivity index (χ2n) is 2.44. The van der Waals surface area contributed by atoms with Gasteiger partial charge in [-0.1, -0.05) is 0 Å². The third-order valence-electron chi connectivity index (χ3n) is 1.14. The van der Waals surface area contributed by atoms with Crippen molar-refractivity contribution >= 4 is 21.3 Å². The van der Waals surface area contributed by atoms with Gasteiger partial charge in [0.2, 0.25) is 11.2 Å². The zero-order valence-corrected chi connectivity index (χ0v) is 8.38. The van der Waals surface area contributed by atoms with Crippen LogP contribution in [0.2, 0.25) is 0 Å². The van der Waals surface area contributed by atoms with E-state index in [0.29, 0.717) is 0 Å². The van der Waals surface area contributed by atoms with Gasteiger partial charge in [0.15, 0.2) is 0 Å². The van der Waals surface area contributed by atoms with Gasteiger partial charge in [-0.25, -0.2) is 0 Å². The zero-order chi connectivity index (χ0) is 10.1. The molecule has 1 heterocycles. The Bertz CT molecular complexity index is 270. The maximum absolute atomic E-state index is 10.5. The van der Waals surface area contributed by atoms with Crippen LogP contribution in [0.1, 0.15) is 0 Å². The standard InChI is InChI=1S/C4H10O7S2/c1-12(5,6)9-2-4-3-10-13(7,8)11-4/h4,7-8H,2-3H2,1H3. The maximum atomic E-state index is 10.5. The van der Waals surface area contributed by atoms with Gasteiger partial charge in [0, 0.05) is 0 Å². The molecule has 0 spiro atoms. The van der Waals surface area contributed by atoms with Gasteiger partial charge in [0.25, 0.3) is 10.1 Å². The van der Waals surface area contributed by atoms with Crippen LogP contribution in [0.4, 0.5) is 0 Å². The molecule has 0 aromatic heterocycles. The fourth-order valence-corrected chi connectivity index (χ4v) is 1.92. The fraction of sp³-hybridized carbons (Fsp3) is 1.00. The Labute approximate surface area is 77.5 Å². The van der Waals surface area contributed by atoms with Crippen LogP contribution in [-0.2, 0) is 22.7 Å². The minimum absolute atomic E-state index is 0.0994. The highest BCUT2D eigenvalue weighted by atomic mass is 32.3. The van der Waals surface area contributed by atoms with Crippen molar-refractivity contribution in [1.29, 1.82) is 0 Å². The molecule has 13 heavy (non-hydrogen) atoms. The Morgan fingerprint density at radius 2 is 2.23 bits per heavy atom. The first kappa shape index (κ1) is 11.2. The Hall–Kier alpha value is 0.1000. The first-order valence-electron chi connectivity index (χ1n) is 3.24. The summed E-state index contributed by atoms with van der Waals surface area (Å²) in [6.45, 7) is -0.382. The van der Waals surface area contributed by atoms with Gasteiger partial charge in [0.05, 0.1) is 19.5 Å². The SMILES string of the molecule is CS(=O)(=O)OCC1COS(O)(O)O1. The summed E-state index contributed by atoms with van der Waals surface area (Å²) in [5.41, 5.74) is 0. The number of hydrogen-bond donors (Lipinski definition) is 2. The molecule has 0 aromatic rings. The van der Waals surface area contributed by atoms with Gasteiger partial charge in [0.1, 0.15) is 6.10 Å². The summed E-state index contributed by atoms with van der Waals surface area (Å²) in [6.07, 6.45) is 0.126. The van der Waals surface area contributed by atoms with Crippen molar-refractivity contribution in [3.05, 3.63) is 0 Å². The van der Waals surface area contributed by atoms with Crippen LogP contribution in [-0.4, -0.2) is 43.1 Å². The molecule has 1 unspecified atom stereocenters. The maximum Gasteiger partial charge on any atom is 0.264 e. The Kier molecular flexibility index (Phi) is 3.17. The summed E-state index contributed by atoms with van der Waals surface area (Å²) < 4.78 is 51.9. The first-order chi connectivity index (χ1) is 5.79. The van der Waals surface area contributed by atoms with E-state index >= 15 is 0 Å². The second-order valence-corrected chi connectivity index (χ2v) is 5.41. The van der Waals surface area contributed by atoms with E-state index < -0.39 is 27.4 Å². The predicted molar refractivity (Wildman–Crippen MR) is 44.5 cm³/mol. The molecule has 1 saturated heterocycles. The number of hydrogen-bond acceptors (Lipinski definition) is 7. The first-order valence-corrected chi connectivity index (χ1v) is 6.45. The molecule has 0 amide bonds. The molecule has 2 N–H and O–H groups in total. The lowest BCUT2D eigenvalue weighted by Gasteiger charge is -2.16. The van der Waals surface area contributed by atoms with Crippen molar-refractivity contribution in [2.45, 2.75) is 6.10 Å². The van der Waals surface area contributed by atoms with Crippen LogP contribution in [0.5, 0.6) is 0 Å². The van der Waals surface area contributed by atoms with Crippen LogP contribution in [0.15, 0.2) is 0 Å². The third-order valence-corrected chi connectivity index (χ3v) is 2.67. The summed E-state index contributed by atoms with van der Waals surface area (Å²) >= 11 is -3.44. The van der Waals surface area contributed by atoms with Gasteiger partial charge in [-0.2, -0.15) is 8.42 Å². The quantitative estimate of drug-likeness (QED) is 0.660. The molecule has 1 aliphatic heterocycles. The predicted octanol–water partition coefficient (Wildman–Crippen LogP) is -0.0414. The number of rotatable bonds is 3. The zero-order valence-electron chi connectivity index (χ0n) is 6.74.